The van der Waals surface area contributed by atoms with E-state index in [2.05, 4.69) is 29.1 Å². The number of rotatable bonds is 6. The Morgan fingerprint density at radius 2 is 1.92 bits per heavy atom. The van der Waals surface area contributed by atoms with Crippen LogP contribution in [0.4, 0.5) is 0 Å². The fourth-order valence-electron chi connectivity index (χ4n) is 3.98. The maximum absolute atomic E-state index is 11.8. The number of nitrogens with one attached hydrogen (secondary N) is 1. The summed E-state index contributed by atoms with van der Waals surface area (Å²) in [4.78, 5) is 31.7. The van der Waals surface area contributed by atoms with Crippen LogP contribution in [0.25, 0.3) is 0 Å². The van der Waals surface area contributed by atoms with E-state index in [0.717, 1.165) is 30.9 Å². The average Bonchev–Trinajstić information content (AvgIpc) is 3.05. The number of hydrogen-bond donors (Lipinski definition) is 1. The summed E-state index contributed by atoms with van der Waals surface area (Å²) in [5.74, 6) is 2.33. The quantitative estimate of drug-likeness (QED) is 0.457. The third-order valence-corrected chi connectivity index (χ3v) is 5.45. The lowest BCUT2D eigenvalue weighted by atomic mass is 9.87. The zero-order valence-corrected chi connectivity index (χ0v) is 15.4. The van der Waals surface area contributed by atoms with E-state index in [9.17, 15) is 9.59 Å². The van der Waals surface area contributed by atoms with Crippen LogP contribution in [-0.4, -0.2) is 60.8 Å². The first-order valence-corrected chi connectivity index (χ1v) is 9.39. The van der Waals surface area contributed by atoms with Crippen molar-refractivity contribution in [1.29, 1.82) is 0 Å². The molecule has 0 aromatic carbocycles. The molecule has 6 heteroatoms. The second kappa shape index (κ2) is 9.04. The maximum atomic E-state index is 11.8. The normalized spacial score (nSPS) is 22.7. The number of aliphatic imine (C=N–C) groups is 1. The molecule has 2 aliphatic heterocycles. The Bertz CT molecular complexity index is 458. The minimum Gasteiger partial charge on any atom is -0.354 e. The fourth-order valence-corrected chi connectivity index (χ4v) is 3.98. The van der Waals surface area contributed by atoms with E-state index < -0.39 is 0 Å². The van der Waals surface area contributed by atoms with E-state index in [0.29, 0.717) is 32.4 Å². The lowest BCUT2D eigenvalue weighted by Gasteiger charge is -2.27. The van der Waals surface area contributed by atoms with Crippen molar-refractivity contribution in [3.8, 4) is 0 Å². The second-order valence-corrected chi connectivity index (χ2v) is 6.84. The van der Waals surface area contributed by atoms with Gasteiger partial charge in [0.2, 0.25) is 11.8 Å². The van der Waals surface area contributed by atoms with Crippen LogP contribution in [0.1, 0.15) is 52.4 Å². The Labute approximate surface area is 145 Å². The van der Waals surface area contributed by atoms with Crippen molar-refractivity contribution < 1.29 is 9.59 Å². The number of carbonyl (C=O) groups excluding carboxylic acids is 2. The highest BCUT2D eigenvalue weighted by molar-refractivity contribution is 5.97. The Kier molecular flexibility index (Phi) is 7.06. The van der Waals surface area contributed by atoms with Crippen molar-refractivity contribution in [3.63, 3.8) is 0 Å². The van der Waals surface area contributed by atoms with E-state index in [1.807, 2.05) is 0 Å². The van der Waals surface area contributed by atoms with E-state index >= 15 is 0 Å². The lowest BCUT2D eigenvalue weighted by Crippen LogP contribution is -2.47. The number of carbonyl (C=O) groups is 2. The molecule has 1 unspecified atom stereocenters. The van der Waals surface area contributed by atoms with Gasteiger partial charge in [-0.2, -0.15) is 0 Å². The Hall–Kier alpha value is -1.59. The minimum atomic E-state index is -0.0435. The van der Waals surface area contributed by atoms with Gasteiger partial charge in [-0.1, -0.05) is 26.7 Å². The van der Waals surface area contributed by atoms with Gasteiger partial charge in [0.1, 0.15) is 0 Å². The first-order chi connectivity index (χ1) is 11.6. The van der Waals surface area contributed by atoms with Gasteiger partial charge in [-0.25, -0.2) is 0 Å². The van der Waals surface area contributed by atoms with Crippen LogP contribution in [0.3, 0.4) is 0 Å². The summed E-state index contributed by atoms with van der Waals surface area (Å²) in [6.07, 6.45) is 5.36. The predicted molar refractivity (Wildman–Crippen MR) is 95.7 cm³/mol. The summed E-state index contributed by atoms with van der Waals surface area (Å²) in [5, 5.41) is 3.33. The number of hydrogen-bond acceptors (Lipinski definition) is 3. The van der Waals surface area contributed by atoms with Crippen molar-refractivity contribution in [2.75, 3.05) is 33.2 Å². The molecule has 2 heterocycles. The molecule has 0 spiro atoms. The number of piperidine rings is 1. The van der Waals surface area contributed by atoms with Gasteiger partial charge in [-0.05, 0) is 24.7 Å². The molecule has 0 bridgehead atoms. The summed E-state index contributed by atoms with van der Waals surface area (Å²) >= 11 is 0. The van der Waals surface area contributed by atoms with Gasteiger partial charge >= 0.3 is 0 Å². The van der Waals surface area contributed by atoms with E-state index in [1.165, 1.54) is 24.2 Å². The summed E-state index contributed by atoms with van der Waals surface area (Å²) in [6, 6.07) is 0. The Balaban J connectivity index is 1.81. The van der Waals surface area contributed by atoms with Gasteiger partial charge < -0.3 is 10.2 Å². The monoisotopic (exact) mass is 336 g/mol. The summed E-state index contributed by atoms with van der Waals surface area (Å²) in [6.45, 7) is 7.62. The van der Waals surface area contributed by atoms with Gasteiger partial charge in [0.25, 0.3) is 0 Å². The largest absolute Gasteiger partial charge is 0.354 e. The summed E-state index contributed by atoms with van der Waals surface area (Å²) in [7, 11) is 1.80. The highest BCUT2D eigenvalue weighted by atomic mass is 16.2. The zero-order valence-electron chi connectivity index (χ0n) is 15.4. The van der Waals surface area contributed by atoms with Crippen LogP contribution in [-0.2, 0) is 9.59 Å². The van der Waals surface area contributed by atoms with Crippen molar-refractivity contribution in [1.82, 2.24) is 15.1 Å². The molecule has 0 radical (unpaired) electrons. The van der Waals surface area contributed by atoms with Crippen LogP contribution in [0.5, 0.6) is 0 Å². The van der Waals surface area contributed by atoms with Crippen molar-refractivity contribution in [2.45, 2.75) is 52.4 Å². The molecule has 2 fully saturated rings. The smallest absolute Gasteiger partial charge is 0.229 e. The molecule has 2 rings (SSSR count). The molecule has 1 atom stereocenters. The number of guanidine groups is 1. The van der Waals surface area contributed by atoms with Crippen molar-refractivity contribution in [2.24, 2.45) is 16.8 Å². The summed E-state index contributed by atoms with van der Waals surface area (Å²) in [5.41, 5.74) is 0. The van der Waals surface area contributed by atoms with Crippen LogP contribution < -0.4 is 5.32 Å². The first-order valence-electron chi connectivity index (χ1n) is 9.39. The maximum Gasteiger partial charge on any atom is 0.229 e. The number of imide groups is 1. The van der Waals surface area contributed by atoms with Crippen LogP contribution in [0.2, 0.25) is 0 Å². The molecular weight excluding hydrogens is 304 g/mol. The predicted octanol–water partition coefficient (Wildman–Crippen LogP) is 1.86. The Morgan fingerprint density at radius 3 is 2.50 bits per heavy atom. The van der Waals surface area contributed by atoms with E-state index in [4.69, 9.17) is 0 Å². The van der Waals surface area contributed by atoms with Crippen molar-refractivity contribution >= 4 is 17.8 Å². The number of nitrogens with zero attached hydrogens (tertiary/aromatic N) is 3. The molecular formula is C18H32N4O2. The molecule has 1 N–H and O–H groups in total. The van der Waals surface area contributed by atoms with Gasteiger partial charge in [-0.15, -0.1) is 0 Å². The molecule has 2 amide bonds. The topological polar surface area (TPSA) is 65.0 Å². The highest BCUT2D eigenvalue weighted by Gasteiger charge is 2.30. The molecule has 0 aromatic rings. The number of amides is 2. The van der Waals surface area contributed by atoms with Gasteiger partial charge in [0.15, 0.2) is 5.96 Å². The molecule has 136 valence electrons. The van der Waals surface area contributed by atoms with Gasteiger partial charge in [-0.3, -0.25) is 19.5 Å². The molecule has 6 nitrogen and oxygen atoms in total. The Morgan fingerprint density at radius 1 is 1.25 bits per heavy atom. The fraction of sp³-hybridized carbons (Fsp3) is 0.833. The number of likely N-dealkylation sites (tertiary alicyclic amines) is 2. The third kappa shape index (κ3) is 4.48. The van der Waals surface area contributed by atoms with Gasteiger partial charge in [0.05, 0.1) is 0 Å². The molecule has 0 aliphatic carbocycles. The standard InChI is InChI=1S/C18H32N4O2/c1-4-14(5-2)15-9-11-21(13-15)18(19-3)20-10-12-22-16(23)7-6-8-17(22)24/h14-15H,4-13H2,1-3H3,(H,19,20). The van der Waals surface area contributed by atoms with Crippen molar-refractivity contribution in [3.05, 3.63) is 0 Å². The molecule has 0 saturated carbocycles. The van der Waals surface area contributed by atoms with Crippen LogP contribution in [0.15, 0.2) is 4.99 Å². The van der Waals surface area contributed by atoms with E-state index in [-0.39, 0.29) is 11.8 Å². The lowest BCUT2D eigenvalue weighted by molar-refractivity contribution is -0.147. The first kappa shape index (κ1) is 18.7. The molecule has 0 aromatic heterocycles. The third-order valence-electron chi connectivity index (χ3n) is 5.45. The van der Waals surface area contributed by atoms with Gasteiger partial charge in [0, 0.05) is 46.1 Å². The SMILES string of the molecule is CCC(CC)C1CCN(C(=NC)NCCN2C(=O)CCCC2=O)C1. The second-order valence-electron chi connectivity index (χ2n) is 6.84. The summed E-state index contributed by atoms with van der Waals surface area (Å²) < 4.78 is 0. The molecule has 2 aliphatic rings. The minimum absolute atomic E-state index is 0.0435. The highest BCUT2D eigenvalue weighted by Crippen LogP contribution is 2.28. The zero-order chi connectivity index (χ0) is 17.5. The molecule has 2 saturated heterocycles. The van der Waals surface area contributed by atoms with E-state index in [1.54, 1.807) is 7.05 Å². The molecule has 24 heavy (non-hydrogen) atoms. The van der Waals surface area contributed by atoms with Crippen LogP contribution in [0, 0.1) is 11.8 Å². The van der Waals surface area contributed by atoms with Crippen LogP contribution >= 0.6 is 0 Å². The average molecular weight is 336 g/mol.